The van der Waals surface area contributed by atoms with Gasteiger partial charge in [0.15, 0.2) is 0 Å². The molecule has 0 aromatic carbocycles. The molecule has 6 heteroatoms. The van der Waals surface area contributed by atoms with Crippen LogP contribution in [-0.4, -0.2) is 8.41 Å². The minimum Gasteiger partial charge on any atom is -0.269 e. The van der Waals surface area contributed by atoms with Gasteiger partial charge in [0.1, 0.15) is 0 Å². The molecule has 0 heterocycles. The number of rotatable bonds is 0. The average Bonchev–Trinajstić information content (AvgIpc) is 0. The van der Waals surface area contributed by atoms with E-state index in [1.54, 1.807) is 0 Å². The maximum absolute atomic E-state index is 0. The third-order valence-electron chi connectivity index (χ3n) is 0. The van der Waals surface area contributed by atoms with E-state index in [0.29, 0.717) is 0 Å². The zero-order valence-corrected chi connectivity index (χ0v) is 3.69. The van der Waals surface area contributed by atoms with Crippen molar-refractivity contribution in [2.24, 2.45) is 0 Å². The first-order valence-electron chi connectivity index (χ1n) is 0. The van der Waals surface area contributed by atoms with Gasteiger partial charge in [-0.25, -0.2) is 0 Å². The second kappa shape index (κ2) is 279. The smallest absolute Gasteiger partial charge is 0.0814 e. The molecule has 0 nitrogen and oxygen atoms in total. The summed E-state index contributed by atoms with van der Waals surface area (Å²) in [6.45, 7) is 0. The van der Waals surface area contributed by atoms with Crippen LogP contribution in [0, 0.1) is 0 Å². The Balaban J connectivity index is 0. The van der Waals surface area contributed by atoms with Gasteiger partial charge in [-0.1, -0.05) is 0 Å². The summed E-state index contributed by atoms with van der Waals surface area (Å²) in [5, 5.41) is 0. The number of hydrogen-bond acceptors (Lipinski definition) is 0. The molecule has 0 saturated carbocycles. The molecular formula is H7BClCuF3. The predicted molar refractivity (Wildman–Crippen MR) is 24.7 cm³/mol. The van der Waals surface area contributed by atoms with Gasteiger partial charge >= 0.3 is 0 Å². The molecule has 0 spiro atoms. The second-order valence-corrected chi connectivity index (χ2v) is 0. The molecule has 0 aromatic rings. The molecule has 0 fully saturated rings. The number of halogens is 4. The van der Waals surface area contributed by atoms with Crippen molar-refractivity contribution >= 4 is 20.8 Å². The molecule has 0 aliphatic carbocycles. The van der Waals surface area contributed by atoms with Crippen LogP contribution in [0.5, 0.6) is 0 Å². The van der Waals surface area contributed by atoms with Gasteiger partial charge < -0.3 is 0 Å². The van der Waals surface area contributed by atoms with Crippen molar-refractivity contribution in [3.05, 3.63) is 0 Å². The molecule has 0 N–H and O–H groups in total. The molecule has 0 saturated heterocycles. The quantitative estimate of drug-likeness (QED) is 0.442. The first kappa shape index (κ1) is 484. The Morgan fingerprint density at radius 1 is 0.667 bits per heavy atom. The SMILES string of the molecule is B.Cl.F.F.F.[Cu]. The summed E-state index contributed by atoms with van der Waals surface area (Å²) < 4.78 is 0. The van der Waals surface area contributed by atoms with Crippen LogP contribution in [-0.2, 0) is 17.1 Å². The van der Waals surface area contributed by atoms with Crippen LogP contribution in [0.2, 0.25) is 0 Å². The van der Waals surface area contributed by atoms with Crippen LogP contribution in [0.3, 0.4) is 0 Å². The summed E-state index contributed by atoms with van der Waals surface area (Å²) in [6.07, 6.45) is 0. The molecule has 49 valence electrons. The normalized spacial score (nSPS) is 0. The summed E-state index contributed by atoms with van der Waals surface area (Å²) in [5.41, 5.74) is 0. The van der Waals surface area contributed by atoms with Crippen LogP contribution in [0.25, 0.3) is 0 Å². The fourth-order valence-electron chi connectivity index (χ4n) is 0. The van der Waals surface area contributed by atoms with Crippen LogP contribution < -0.4 is 0 Å². The van der Waals surface area contributed by atoms with Gasteiger partial charge in [-0.2, -0.15) is 0 Å². The third kappa shape index (κ3) is 142. The monoisotopic (exact) mass is 173 g/mol. The zero-order valence-electron chi connectivity index (χ0n) is 1.93. The molecule has 6 heavy (non-hydrogen) atoms. The van der Waals surface area contributed by atoms with Crippen LogP contribution in [0.15, 0.2) is 0 Å². The van der Waals surface area contributed by atoms with Crippen molar-refractivity contribution in [3.8, 4) is 0 Å². The van der Waals surface area contributed by atoms with E-state index < -0.39 is 0 Å². The Bertz CT molecular complexity index is 10.8. The third-order valence-corrected chi connectivity index (χ3v) is 0. The fraction of sp³-hybridized carbons (Fsp3) is 0. The fourth-order valence-corrected chi connectivity index (χ4v) is 0. The van der Waals surface area contributed by atoms with Crippen molar-refractivity contribution < 1.29 is 31.2 Å². The Kier molecular flexibility index (Phi) is 22500. The van der Waals surface area contributed by atoms with E-state index in [4.69, 9.17) is 0 Å². The Hall–Kier alpha value is 0.664. The first-order chi connectivity index (χ1) is 0. The first-order valence-corrected chi connectivity index (χ1v) is 0. The van der Waals surface area contributed by atoms with Gasteiger partial charge in [-0.15, -0.1) is 12.4 Å². The molecule has 0 amide bonds. The van der Waals surface area contributed by atoms with Gasteiger partial charge in [-0.3, -0.25) is 14.1 Å². The van der Waals surface area contributed by atoms with Crippen LogP contribution in [0.4, 0.5) is 14.1 Å². The summed E-state index contributed by atoms with van der Waals surface area (Å²) in [6, 6.07) is 0. The van der Waals surface area contributed by atoms with E-state index in [2.05, 4.69) is 0 Å². The summed E-state index contributed by atoms with van der Waals surface area (Å²) in [4.78, 5) is 0. The Morgan fingerprint density at radius 3 is 0.667 bits per heavy atom. The topological polar surface area (TPSA) is 0 Å². The maximum Gasteiger partial charge on any atom is 0.0814 e. The summed E-state index contributed by atoms with van der Waals surface area (Å²) in [5.74, 6) is 0. The molecule has 1 radical (unpaired) electrons. The Morgan fingerprint density at radius 2 is 0.667 bits per heavy atom. The average molecular weight is 174 g/mol. The minimum absolute atomic E-state index is 0. The van der Waals surface area contributed by atoms with E-state index >= 15 is 0 Å². The molecule has 0 aliphatic rings. The van der Waals surface area contributed by atoms with Crippen molar-refractivity contribution in [1.29, 1.82) is 0 Å². The van der Waals surface area contributed by atoms with E-state index in [9.17, 15) is 0 Å². The molecule has 0 bridgehead atoms. The summed E-state index contributed by atoms with van der Waals surface area (Å²) >= 11 is 0. The number of hydrogen-bond donors (Lipinski definition) is 0. The minimum atomic E-state index is 0. The molecular weight excluding hydrogens is 167 g/mol. The zero-order chi connectivity index (χ0) is 0. The van der Waals surface area contributed by atoms with Crippen LogP contribution >= 0.6 is 12.4 Å². The van der Waals surface area contributed by atoms with E-state index in [1.165, 1.54) is 0 Å². The van der Waals surface area contributed by atoms with E-state index in [0.717, 1.165) is 0 Å². The van der Waals surface area contributed by atoms with Gasteiger partial charge in [0, 0.05) is 17.1 Å². The molecule has 0 aromatic heterocycles. The molecule has 0 aliphatic heterocycles. The van der Waals surface area contributed by atoms with E-state index in [1.807, 2.05) is 0 Å². The molecule has 0 rings (SSSR count). The van der Waals surface area contributed by atoms with E-state index in [-0.39, 0.29) is 52.0 Å². The summed E-state index contributed by atoms with van der Waals surface area (Å²) in [7, 11) is 0. The predicted octanol–water partition coefficient (Wildman–Crippen LogP) is -0.307. The van der Waals surface area contributed by atoms with Gasteiger partial charge in [0.25, 0.3) is 0 Å². The second-order valence-electron chi connectivity index (χ2n) is 0. The van der Waals surface area contributed by atoms with Crippen molar-refractivity contribution in [3.63, 3.8) is 0 Å². The standard InChI is InChI=1S/BH3.ClH.Cu.3FH/h1H3;1H;;3*1H. The Labute approximate surface area is 52.6 Å². The van der Waals surface area contributed by atoms with Gasteiger partial charge in [0.2, 0.25) is 0 Å². The molecule has 0 atom stereocenters. The van der Waals surface area contributed by atoms with Crippen molar-refractivity contribution in [2.75, 3.05) is 0 Å². The molecule has 0 unspecified atom stereocenters. The van der Waals surface area contributed by atoms with Gasteiger partial charge in [-0.05, 0) is 0 Å². The largest absolute Gasteiger partial charge is 0.269 e. The van der Waals surface area contributed by atoms with Crippen molar-refractivity contribution in [1.82, 2.24) is 0 Å². The maximum atomic E-state index is 0. The van der Waals surface area contributed by atoms with Gasteiger partial charge in [0.05, 0.1) is 8.41 Å². The van der Waals surface area contributed by atoms with Crippen LogP contribution in [0.1, 0.15) is 0 Å². The van der Waals surface area contributed by atoms with Crippen molar-refractivity contribution in [2.45, 2.75) is 0 Å².